The predicted octanol–water partition coefficient (Wildman–Crippen LogP) is 0.0108. The largest absolute Gasteiger partial charge is 0.377 e. The summed E-state index contributed by atoms with van der Waals surface area (Å²) in [4.78, 5) is 0. The number of nitrogens with one attached hydrogen (secondary N) is 1. The van der Waals surface area contributed by atoms with Gasteiger partial charge in [-0.05, 0) is 5.56 Å². The Kier molecular flexibility index (Phi) is 3.04. The van der Waals surface area contributed by atoms with E-state index in [-0.39, 0.29) is 0 Å². The van der Waals surface area contributed by atoms with Gasteiger partial charge >= 0.3 is 0 Å². The minimum absolute atomic E-state index is 0.539. The number of hydrazine groups is 1. The zero-order chi connectivity index (χ0) is 8.10. The Morgan fingerprint density at radius 1 is 1.36 bits per heavy atom. The predicted molar refractivity (Wildman–Crippen MR) is 43.5 cm³/mol. The highest BCUT2D eigenvalue weighted by Crippen LogP contribution is 2.00. The molecule has 1 aromatic carbocycles. The summed E-state index contributed by atoms with van der Waals surface area (Å²) in [6.45, 7) is 0. The van der Waals surface area contributed by atoms with Crippen LogP contribution >= 0.6 is 0 Å². The third kappa shape index (κ3) is 2.67. The fourth-order valence-corrected chi connectivity index (χ4v) is 0.896. The van der Waals surface area contributed by atoms with Crippen molar-refractivity contribution >= 4 is 0 Å². The van der Waals surface area contributed by atoms with E-state index in [2.05, 4.69) is 5.43 Å². The molecule has 0 aliphatic carbocycles. The average Bonchev–Trinajstić information content (AvgIpc) is 2.06. The highest BCUT2D eigenvalue weighted by atomic mass is 16.3. The van der Waals surface area contributed by atoms with Gasteiger partial charge in [0.1, 0.15) is 6.23 Å². The van der Waals surface area contributed by atoms with Gasteiger partial charge in [-0.15, -0.1) is 0 Å². The number of aliphatic hydroxyl groups is 1. The number of hydrogen-bond donors (Lipinski definition) is 3. The summed E-state index contributed by atoms with van der Waals surface area (Å²) in [6.07, 6.45) is -0.116. The summed E-state index contributed by atoms with van der Waals surface area (Å²) in [6, 6.07) is 9.68. The molecule has 1 rings (SSSR count). The molecule has 0 heterocycles. The molecule has 1 atom stereocenters. The van der Waals surface area contributed by atoms with Crippen LogP contribution in [-0.2, 0) is 6.42 Å². The molecule has 0 saturated heterocycles. The van der Waals surface area contributed by atoms with Crippen LogP contribution in [0.2, 0.25) is 0 Å². The lowest BCUT2D eigenvalue weighted by molar-refractivity contribution is 0.138. The van der Waals surface area contributed by atoms with Crippen molar-refractivity contribution in [2.45, 2.75) is 12.6 Å². The summed E-state index contributed by atoms with van der Waals surface area (Å²) in [7, 11) is 0. The minimum Gasteiger partial charge on any atom is -0.377 e. The molecule has 0 amide bonds. The molecule has 0 spiro atoms. The van der Waals surface area contributed by atoms with E-state index in [4.69, 9.17) is 10.9 Å². The van der Waals surface area contributed by atoms with Gasteiger partial charge in [-0.25, -0.2) is 5.43 Å². The van der Waals surface area contributed by atoms with Crippen molar-refractivity contribution in [1.82, 2.24) is 5.43 Å². The first-order chi connectivity index (χ1) is 5.33. The highest BCUT2D eigenvalue weighted by molar-refractivity contribution is 5.15. The smallest absolute Gasteiger partial charge is 0.121 e. The second kappa shape index (κ2) is 4.08. The molecule has 0 bridgehead atoms. The van der Waals surface area contributed by atoms with Crippen LogP contribution in [-0.4, -0.2) is 11.3 Å². The maximum Gasteiger partial charge on any atom is 0.121 e. The van der Waals surface area contributed by atoms with Gasteiger partial charge in [-0.3, -0.25) is 5.84 Å². The summed E-state index contributed by atoms with van der Waals surface area (Å²) < 4.78 is 0. The molecular weight excluding hydrogens is 140 g/mol. The first-order valence-corrected chi connectivity index (χ1v) is 3.51. The van der Waals surface area contributed by atoms with Crippen LogP contribution in [0, 0.1) is 0 Å². The zero-order valence-electron chi connectivity index (χ0n) is 6.20. The third-order valence-corrected chi connectivity index (χ3v) is 1.46. The quantitative estimate of drug-likeness (QED) is 0.325. The lowest BCUT2D eigenvalue weighted by Gasteiger charge is -2.07. The topological polar surface area (TPSA) is 58.3 Å². The van der Waals surface area contributed by atoms with Crippen LogP contribution in [0.3, 0.4) is 0 Å². The Hall–Kier alpha value is -0.900. The van der Waals surface area contributed by atoms with Crippen LogP contribution < -0.4 is 11.3 Å². The number of rotatable bonds is 3. The van der Waals surface area contributed by atoms with Gasteiger partial charge in [0.25, 0.3) is 0 Å². The molecule has 3 heteroatoms. The van der Waals surface area contributed by atoms with Crippen LogP contribution in [0.5, 0.6) is 0 Å². The van der Waals surface area contributed by atoms with E-state index in [1.807, 2.05) is 30.3 Å². The van der Waals surface area contributed by atoms with Crippen molar-refractivity contribution in [3.05, 3.63) is 35.9 Å². The van der Waals surface area contributed by atoms with Gasteiger partial charge in [0, 0.05) is 6.42 Å². The third-order valence-electron chi connectivity index (χ3n) is 1.46. The summed E-state index contributed by atoms with van der Waals surface area (Å²) in [5.74, 6) is 5.02. The summed E-state index contributed by atoms with van der Waals surface area (Å²) in [5.41, 5.74) is 3.34. The summed E-state index contributed by atoms with van der Waals surface area (Å²) in [5, 5.41) is 9.08. The van der Waals surface area contributed by atoms with Gasteiger partial charge in [0.15, 0.2) is 0 Å². The van der Waals surface area contributed by atoms with Crippen molar-refractivity contribution in [1.29, 1.82) is 0 Å². The number of benzene rings is 1. The maximum atomic E-state index is 9.08. The number of aliphatic hydroxyl groups excluding tert-OH is 1. The average molecular weight is 152 g/mol. The normalized spacial score (nSPS) is 12.9. The van der Waals surface area contributed by atoms with Crippen LogP contribution in [0.25, 0.3) is 0 Å². The van der Waals surface area contributed by atoms with Crippen molar-refractivity contribution in [2.75, 3.05) is 0 Å². The van der Waals surface area contributed by atoms with Gasteiger partial charge in [0.05, 0.1) is 0 Å². The molecule has 0 fully saturated rings. The molecule has 60 valence electrons. The Morgan fingerprint density at radius 3 is 2.55 bits per heavy atom. The van der Waals surface area contributed by atoms with E-state index < -0.39 is 6.23 Å². The van der Waals surface area contributed by atoms with E-state index >= 15 is 0 Å². The first-order valence-electron chi connectivity index (χ1n) is 3.51. The molecular formula is C8H12N2O. The van der Waals surface area contributed by atoms with E-state index in [0.29, 0.717) is 6.42 Å². The van der Waals surface area contributed by atoms with Gasteiger partial charge in [-0.1, -0.05) is 30.3 Å². The van der Waals surface area contributed by atoms with Crippen LogP contribution in [0.4, 0.5) is 0 Å². The van der Waals surface area contributed by atoms with Gasteiger partial charge in [-0.2, -0.15) is 0 Å². The SMILES string of the molecule is NNC(O)Cc1ccccc1. The van der Waals surface area contributed by atoms with E-state index in [9.17, 15) is 0 Å². The second-order valence-corrected chi connectivity index (χ2v) is 2.37. The maximum absolute atomic E-state index is 9.08. The van der Waals surface area contributed by atoms with Crippen molar-refractivity contribution < 1.29 is 5.11 Å². The highest BCUT2D eigenvalue weighted by Gasteiger charge is 1.99. The molecule has 1 aromatic rings. The van der Waals surface area contributed by atoms with Crippen molar-refractivity contribution in [2.24, 2.45) is 5.84 Å². The molecule has 0 radical (unpaired) electrons. The number of hydrogen-bond acceptors (Lipinski definition) is 3. The van der Waals surface area contributed by atoms with E-state index in [1.54, 1.807) is 0 Å². The Balaban J connectivity index is 2.51. The Morgan fingerprint density at radius 2 is 2.00 bits per heavy atom. The fraction of sp³-hybridized carbons (Fsp3) is 0.250. The lowest BCUT2D eigenvalue weighted by atomic mass is 10.1. The molecule has 0 aliphatic heterocycles. The molecule has 0 aliphatic rings. The molecule has 0 saturated carbocycles. The zero-order valence-corrected chi connectivity index (χ0v) is 6.20. The molecule has 11 heavy (non-hydrogen) atoms. The first kappa shape index (κ1) is 8.20. The molecule has 0 aromatic heterocycles. The monoisotopic (exact) mass is 152 g/mol. The molecule has 4 N–H and O–H groups in total. The van der Waals surface area contributed by atoms with Gasteiger partial charge < -0.3 is 5.11 Å². The van der Waals surface area contributed by atoms with E-state index in [0.717, 1.165) is 5.56 Å². The van der Waals surface area contributed by atoms with E-state index in [1.165, 1.54) is 0 Å². The molecule has 3 nitrogen and oxygen atoms in total. The van der Waals surface area contributed by atoms with Crippen molar-refractivity contribution in [3.63, 3.8) is 0 Å². The molecule has 1 unspecified atom stereocenters. The standard InChI is InChI=1S/C8H12N2O/c9-10-8(11)6-7-4-2-1-3-5-7/h1-5,8,10-11H,6,9H2. The van der Waals surface area contributed by atoms with Crippen LogP contribution in [0.15, 0.2) is 30.3 Å². The Labute approximate surface area is 65.8 Å². The van der Waals surface area contributed by atoms with Gasteiger partial charge in [0.2, 0.25) is 0 Å². The summed E-state index contributed by atoms with van der Waals surface area (Å²) >= 11 is 0. The minimum atomic E-state index is -0.655. The second-order valence-electron chi connectivity index (χ2n) is 2.37. The Bertz CT molecular complexity index is 201. The van der Waals surface area contributed by atoms with Crippen LogP contribution in [0.1, 0.15) is 5.56 Å². The van der Waals surface area contributed by atoms with Crippen molar-refractivity contribution in [3.8, 4) is 0 Å². The number of nitrogens with two attached hydrogens (primary N) is 1. The fourth-order valence-electron chi connectivity index (χ4n) is 0.896. The lowest BCUT2D eigenvalue weighted by Crippen LogP contribution is -2.36.